The third-order valence-corrected chi connectivity index (χ3v) is 6.54. The molecule has 1 heterocycles. The summed E-state index contributed by atoms with van der Waals surface area (Å²) in [5.74, 6) is -1.72. The van der Waals surface area contributed by atoms with Gasteiger partial charge in [0.25, 0.3) is 0 Å². The standard InChI is InChI=1S/C22H28FN3O4S/c1-16(2)21(25-31(28,29)20-9-4-3-8-19(20)23)22(27)24-18-7-5-6-17(14-18)15-26-10-12-30-13-11-26/h3-9,14,16,21,25H,10-13,15H2,1-2H3,(H,24,27)/t21-/m0/s1. The van der Waals surface area contributed by atoms with Gasteiger partial charge in [0.15, 0.2) is 0 Å². The molecule has 168 valence electrons. The molecule has 1 amide bonds. The molecule has 7 nitrogen and oxygen atoms in total. The lowest BCUT2D eigenvalue weighted by atomic mass is 10.0. The normalized spacial score (nSPS) is 16.3. The zero-order valence-electron chi connectivity index (χ0n) is 17.7. The lowest BCUT2D eigenvalue weighted by Crippen LogP contribution is -2.47. The van der Waals surface area contributed by atoms with Crippen LogP contribution in [-0.4, -0.2) is 51.6 Å². The Bertz CT molecular complexity index is 1010. The first-order valence-corrected chi connectivity index (χ1v) is 11.7. The maximum atomic E-state index is 14.0. The minimum Gasteiger partial charge on any atom is -0.379 e. The molecule has 0 unspecified atom stereocenters. The quantitative estimate of drug-likeness (QED) is 0.647. The van der Waals surface area contributed by atoms with E-state index in [2.05, 4.69) is 14.9 Å². The molecule has 0 radical (unpaired) electrons. The van der Waals surface area contributed by atoms with E-state index in [9.17, 15) is 17.6 Å². The third-order valence-electron chi connectivity index (χ3n) is 5.06. The number of halogens is 1. The number of carbonyl (C=O) groups is 1. The molecule has 1 fully saturated rings. The summed E-state index contributed by atoms with van der Waals surface area (Å²) in [4.78, 5) is 14.7. The minimum absolute atomic E-state index is 0.349. The van der Waals surface area contributed by atoms with E-state index in [1.807, 2.05) is 18.2 Å². The molecule has 2 aromatic carbocycles. The molecule has 1 aliphatic rings. The third kappa shape index (κ3) is 6.33. The van der Waals surface area contributed by atoms with Gasteiger partial charge in [-0.2, -0.15) is 4.72 Å². The van der Waals surface area contributed by atoms with Crippen LogP contribution in [0, 0.1) is 11.7 Å². The highest BCUT2D eigenvalue weighted by Crippen LogP contribution is 2.18. The zero-order valence-corrected chi connectivity index (χ0v) is 18.5. The van der Waals surface area contributed by atoms with E-state index in [1.54, 1.807) is 19.9 Å². The second-order valence-corrected chi connectivity index (χ2v) is 9.53. The maximum Gasteiger partial charge on any atom is 0.244 e. The highest BCUT2D eigenvalue weighted by Gasteiger charge is 2.30. The van der Waals surface area contributed by atoms with Crippen molar-refractivity contribution in [1.29, 1.82) is 0 Å². The van der Waals surface area contributed by atoms with Crippen molar-refractivity contribution in [2.24, 2.45) is 5.92 Å². The van der Waals surface area contributed by atoms with Crippen LogP contribution >= 0.6 is 0 Å². The van der Waals surface area contributed by atoms with E-state index < -0.39 is 32.7 Å². The van der Waals surface area contributed by atoms with E-state index in [1.165, 1.54) is 18.2 Å². The van der Waals surface area contributed by atoms with Crippen molar-refractivity contribution in [2.75, 3.05) is 31.6 Å². The van der Waals surface area contributed by atoms with Crippen molar-refractivity contribution in [3.63, 3.8) is 0 Å². The average Bonchev–Trinajstić information content (AvgIpc) is 2.73. The minimum atomic E-state index is -4.20. The Morgan fingerprint density at radius 1 is 1.13 bits per heavy atom. The van der Waals surface area contributed by atoms with E-state index in [0.29, 0.717) is 18.9 Å². The van der Waals surface area contributed by atoms with Crippen LogP contribution in [-0.2, 0) is 26.1 Å². The Morgan fingerprint density at radius 3 is 2.52 bits per heavy atom. The molecule has 1 saturated heterocycles. The zero-order chi connectivity index (χ0) is 22.4. The Kier molecular flexibility index (Phi) is 7.77. The van der Waals surface area contributed by atoms with Crippen molar-refractivity contribution in [3.05, 3.63) is 59.9 Å². The summed E-state index contributed by atoms with van der Waals surface area (Å²) < 4.78 is 47.0. The highest BCUT2D eigenvalue weighted by atomic mass is 32.2. The summed E-state index contributed by atoms with van der Waals surface area (Å²) in [5, 5.41) is 2.79. The Labute approximate surface area is 182 Å². The molecule has 9 heteroatoms. The number of benzene rings is 2. The molecule has 1 atom stereocenters. The van der Waals surface area contributed by atoms with Crippen LogP contribution in [0.2, 0.25) is 0 Å². The van der Waals surface area contributed by atoms with E-state index >= 15 is 0 Å². The van der Waals surface area contributed by atoms with Crippen LogP contribution in [0.15, 0.2) is 53.4 Å². The van der Waals surface area contributed by atoms with Crippen LogP contribution in [0.3, 0.4) is 0 Å². The summed E-state index contributed by atoms with van der Waals surface area (Å²) in [6.07, 6.45) is 0. The fraction of sp³-hybridized carbons (Fsp3) is 0.409. The maximum absolute atomic E-state index is 14.0. The first-order valence-electron chi connectivity index (χ1n) is 10.2. The smallest absolute Gasteiger partial charge is 0.244 e. The summed E-state index contributed by atoms with van der Waals surface area (Å²) in [6, 6.07) is 11.5. The summed E-state index contributed by atoms with van der Waals surface area (Å²) >= 11 is 0. The number of morpholine rings is 1. The summed E-state index contributed by atoms with van der Waals surface area (Å²) in [7, 11) is -4.20. The Hall–Kier alpha value is -2.33. The number of hydrogen-bond acceptors (Lipinski definition) is 5. The summed E-state index contributed by atoms with van der Waals surface area (Å²) in [5.41, 5.74) is 1.61. The number of ether oxygens (including phenoxy) is 1. The molecule has 3 rings (SSSR count). The van der Waals surface area contributed by atoms with Crippen molar-refractivity contribution < 1.29 is 22.3 Å². The molecule has 0 bridgehead atoms. The highest BCUT2D eigenvalue weighted by molar-refractivity contribution is 7.89. The fourth-order valence-corrected chi connectivity index (χ4v) is 4.79. The van der Waals surface area contributed by atoms with Gasteiger partial charge in [-0.05, 0) is 35.7 Å². The predicted molar refractivity (Wildman–Crippen MR) is 117 cm³/mol. The van der Waals surface area contributed by atoms with Gasteiger partial charge in [0.2, 0.25) is 15.9 Å². The number of rotatable bonds is 8. The molecular formula is C22H28FN3O4S. The second-order valence-electron chi connectivity index (χ2n) is 7.85. The fourth-order valence-electron chi connectivity index (χ4n) is 3.37. The van der Waals surface area contributed by atoms with E-state index in [0.717, 1.165) is 31.3 Å². The summed E-state index contributed by atoms with van der Waals surface area (Å²) in [6.45, 7) is 7.30. The van der Waals surface area contributed by atoms with Crippen molar-refractivity contribution in [1.82, 2.24) is 9.62 Å². The van der Waals surface area contributed by atoms with Crippen molar-refractivity contribution >= 4 is 21.6 Å². The monoisotopic (exact) mass is 449 g/mol. The molecule has 0 saturated carbocycles. The number of hydrogen-bond donors (Lipinski definition) is 2. The molecule has 2 aromatic rings. The lowest BCUT2D eigenvalue weighted by Gasteiger charge is -2.26. The van der Waals surface area contributed by atoms with Crippen LogP contribution in [0.1, 0.15) is 19.4 Å². The van der Waals surface area contributed by atoms with Crippen molar-refractivity contribution in [3.8, 4) is 0 Å². The van der Waals surface area contributed by atoms with Gasteiger partial charge in [-0.1, -0.05) is 38.1 Å². The van der Waals surface area contributed by atoms with Gasteiger partial charge < -0.3 is 10.1 Å². The lowest BCUT2D eigenvalue weighted by molar-refractivity contribution is -0.118. The van der Waals surface area contributed by atoms with Gasteiger partial charge >= 0.3 is 0 Å². The molecule has 0 aromatic heterocycles. The number of carbonyl (C=O) groups excluding carboxylic acids is 1. The topological polar surface area (TPSA) is 87.7 Å². The SMILES string of the molecule is CC(C)[C@H](NS(=O)(=O)c1ccccc1F)C(=O)Nc1cccc(CN2CCOCC2)c1. The number of nitrogens with zero attached hydrogens (tertiary/aromatic N) is 1. The average molecular weight is 450 g/mol. The Morgan fingerprint density at radius 2 is 1.84 bits per heavy atom. The first kappa shape index (κ1) is 23.3. The molecule has 0 spiro atoms. The van der Waals surface area contributed by atoms with Gasteiger partial charge in [0.05, 0.1) is 13.2 Å². The van der Waals surface area contributed by atoms with E-state index in [4.69, 9.17) is 4.74 Å². The molecule has 1 aliphatic heterocycles. The van der Waals surface area contributed by atoms with E-state index in [-0.39, 0.29) is 5.92 Å². The number of anilines is 1. The van der Waals surface area contributed by atoms with Crippen LogP contribution in [0.4, 0.5) is 10.1 Å². The van der Waals surface area contributed by atoms with Gasteiger partial charge in [0, 0.05) is 25.3 Å². The first-order chi connectivity index (χ1) is 14.8. The van der Waals surface area contributed by atoms with Crippen LogP contribution < -0.4 is 10.0 Å². The largest absolute Gasteiger partial charge is 0.379 e. The van der Waals surface area contributed by atoms with Crippen molar-refractivity contribution in [2.45, 2.75) is 31.3 Å². The molecule has 0 aliphatic carbocycles. The predicted octanol–water partition coefficient (Wildman–Crippen LogP) is 2.60. The molecule has 2 N–H and O–H groups in total. The number of nitrogens with one attached hydrogen (secondary N) is 2. The van der Waals surface area contributed by atoms with Crippen LogP contribution in [0.25, 0.3) is 0 Å². The molecular weight excluding hydrogens is 421 g/mol. The number of sulfonamides is 1. The van der Waals surface area contributed by atoms with Gasteiger partial charge in [0.1, 0.15) is 16.8 Å². The van der Waals surface area contributed by atoms with Gasteiger partial charge in [-0.3, -0.25) is 9.69 Å². The van der Waals surface area contributed by atoms with Gasteiger partial charge in [-0.25, -0.2) is 12.8 Å². The number of amides is 1. The Balaban J connectivity index is 1.71. The van der Waals surface area contributed by atoms with Gasteiger partial charge in [-0.15, -0.1) is 0 Å². The second kappa shape index (κ2) is 10.3. The van der Waals surface area contributed by atoms with Crippen LogP contribution in [0.5, 0.6) is 0 Å². The molecule has 31 heavy (non-hydrogen) atoms.